The van der Waals surface area contributed by atoms with Gasteiger partial charge in [-0.05, 0) is 31.1 Å². The van der Waals surface area contributed by atoms with Crippen molar-refractivity contribution in [2.75, 3.05) is 24.6 Å². The van der Waals surface area contributed by atoms with Crippen LogP contribution in [0.25, 0.3) is 0 Å². The SMILES string of the molecule is O=C([C@H]1C[C@H]2CC[C@H]1C2)N1CCSCC1. The fraction of sp³-hybridized carbons (Fsp3) is 0.917. The molecule has 0 aromatic rings. The lowest BCUT2D eigenvalue weighted by atomic mass is 9.88. The Morgan fingerprint density at radius 2 is 1.93 bits per heavy atom. The van der Waals surface area contributed by atoms with E-state index in [1.165, 1.54) is 25.7 Å². The molecule has 0 N–H and O–H groups in total. The van der Waals surface area contributed by atoms with Crippen molar-refractivity contribution in [2.45, 2.75) is 25.7 Å². The molecule has 0 aromatic carbocycles. The van der Waals surface area contributed by atoms with Crippen LogP contribution in [0.15, 0.2) is 0 Å². The molecule has 0 spiro atoms. The first-order valence-electron chi connectivity index (χ1n) is 6.21. The molecule has 1 amide bonds. The molecule has 2 bridgehead atoms. The van der Waals surface area contributed by atoms with Crippen molar-refractivity contribution in [3.63, 3.8) is 0 Å². The second kappa shape index (κ2) is 4.00. The van der Waals surface area contributed by atoms with Crippen molar-refractivity contribution in [3.05, 3.63) is 0 Å². The van der Waals surface area contributed by atoms with Gasteiger partial charge in [-0.2, -0.15) is 11.8 Å². The molecule has 3 aliphatic rings. The van der Waals surface area contributed by atoms with Gasteiger partial charge in [0, 0.05) is 30.5 Å². The van der Waals surface area contributed by atoms with Crippen LogP contribution >= 0.6 is 11.8 Å². The van der Waals surface area contributed by atoms with Gasteiger partial charge in [0.05, 0.1) is 0 Å². The number of carbonyl (C=O) groups excluding carboxylic acids is 1. The van der Waals surface area contributed by atoms with Gasteiger partial charge in [0.15, 0.2) is 0 Å². The Bertz CT molecular complexity index is 262. The Morgan fingerprint density at radius 1 is 1.13 bits per heavy atom. The minimum Gasteiger partial charge on any atom is -0.341 e. The van der Waals surface area contributed by atoms with Gasteiger partial charge in [-0.15, -0.1) is 0 Å². The third-order valence-electron chi connectivity index (χ3n) is 4.38. The third kappa shape index (κ3) is 1.79. The summed E-state index contributed by atoms with van der Waals surface area (Å²) in [6, 6.07) is 0. The lowest BCUT2D eigenvalue weighted by Crippen LogP contribution is -2.42. The highest BCUT2D eigenvalue weighted by molar-refractivity contribution is 7.99. The van der Waals surface area contributed by atoms with E-state index < -0.39 is 0 Å². The van der Waals surface area contributed by atoms with Crippen molar-refractivity contribution in [3.8, 4) is 0 Å². The maximum absolute atomic E-state index is 12.3. The van der Waals surface area contributed by atoms with Crippen LogP contribution in [0.5, 0.6) is 0 Å². The molecule has 2 aliphatic carbocycles. The third-order valence-corrected chi connectivity index (χ3v) is 5.32. The average Bonchev–Trinajstić information content (AvgIpc) is 2.91. The van der Waals surface area contributed by atoms with Crippen LogP contribution in [-0.4, -0.2) is 35.4 Å². The van der Waals surface area contributed by atoms with E-state index in [0.29, 0.717) is 11.8 Å². The van der Waals surface area contributed by atoms with Gasteiger partial charge < -0.3 is 4.90 Å². The Labute approximate surface area is 95.8 Å². The molecule has 3 atom stereocenters. The predicted molar refractivity (Wildman–Crippen MR) is 62.8 cm³/mol. The fourth-order valence-corrected chi connectivity index (χ4v) is 4.47. The molecule has 84 valence electrons. The van der Waals surface area contributed by atoms with E-state index in [1.54, 1.807) is 0 Å². The summed E-state index contributed by atoms with van der Waals surface area (Å²) >= 11 is 1.98. The van der Waals surface area contributed by atoms with E-state index in [2.05, 4.69) is 4.90 Å². The summed E-state index contributed by atoms with van der Waals surface area (Å²) < 4.78 is 0. The molecule has 1 heterocycles. The molecule has 3 fully saturated rings. The lowest BCUT2D eigenvalue weighted by Gasteiger charge is -2.31. The number of hydrogen-bond acceptors (Lipinski definition) is 2. The number of nitrogens with zero attached hydrogens (tertiary/aromatic N) is 1. The molecule has 3 rings (SSSR count). The van der Waals surface area contributed by atoms with E-state index in [0.717, 1.165) is 36.4 Å². The second-order valence-electron chi connectivity index (χ2n) is 5.22. The minimum absolute atomic E-state index is 0.409. The summed E-state index contributed by atoms with van der Waals surface area (Å²) in [5, 5.41) is 0. The molecule has 1 aliphatic heterocycles. The van der Waals surface area contributed by atoms with Gasteiger partial charge in [-0.1, -0.05) is 6.42 Å². The standard InChI is InChI=1S/C12H19NOS/c14-12(13-3-5-15-6-4-13)11-8-9-1-2-10(11)7-9/h9-11H,1-8H2/t9-,10-,11-/m0/s1. The van der Waals surface area contributed by atoms with E-state index in [1.807, 2.05) is 11.8 Å². The Hall–Kier alpha value is -0.180. The molecule has 1 saturated heterocycles. The lowest BCUT2D eigenvalue weighted by molar-refractivity contribution is -0.136. The zero-order valence-corrected chi connectivity index (χ0v) is 9.97. The summed E-state index contributed by atoms with van der Waals surface area (Å²) in [5.74, 6) is 4.83. The van der Waals surface area contributed by atoms with Crippen molar-refractivity contribution < 1.29 is 4.79 Å². The molecule has 0 radical (unpaired) electrons. The topological polar surface area (TPSA) is 20.3 Å². The summed E-state index contributed by atoms with van der Waals surface area (Å²) in [4.78, 5) is 14.4. The Kier molecular flexibility index (Phi) is 2.67. The molecule has 0 unspecified atom stereocenters. The fourth-order valence-electron chi connectivity index (χ4n) is 3.57. The summed E-state index contributed by atoms with van der Waals surface area (Å²) in [5.41, 5.74) is 0. The molecular formula is C12H19NOS. The van der Waals surface area contributed by atoms with Crippen LogP contribution in [0.2, 0.25) is 0 Å². The maximum Gasteiger partial charge on any atom is 0.226 e. The number of amides is 1. The highest BCUT2D eigenvalue weighted by Crippen LogP contribution is 2.48. The number of carbonyl (C=O) groups is 1. The quantitative estimate of drug-likeness (QED) is 0.680. The number of rotatable bonds is 1. The summed E-state index contributed by atoms with van der Waals surface area (Å²) in [6.45, 7) is 1.99. The van der Waals surface area contributed by atoms with Crippen LogP contribution in [0.4, 0.5) is 0 Å². The number of fused-ring (bicyclic) bond motifs is 2. The smallest absolute Gasteiger partial charge is 0.226 e. The number of thioether (sulfide) groups is 1. The van der Waals surface area contributed by atoms with E-state index >= 15 is 0 Å². The minimum atomic E-state index is 0.409. The van der Waals surface area contributed by atoms with Gasteiger partial charge >= 0.3 is 0 Å². The normalized spacial score (nSPS) is 39.7. The van der Waals surface area contributed by atoms with Crippen LogP contribution in [-0.2, 0) is 4.79 Å². The largest absolute Gasteiger partial charge is 0.341 e. The van der Waals surface area contributed by atoms with Crippen LogP contribution in [0, 0.1) is 17.8 Å². The molecule has 2 saturated carbocycles. The van der Waals surface area contributed by atoms with Crippen molar-refractivity contribution in [2.24, 2.45) is 17.8 Å². The van der Waals surface area contributed by atoms with E-state index in [4.69, 9.17) is 0 Å². The van der Waals surface area contributed by atoms with Crippen molar-refractivity contribution >= 4 is 17.7 Å². The Morgan fingerprint density at radius 3 is 2.53 bits per heavy atom. The van der Waals surface area contributed by atoms with Crippen molar-refractivity contribution in [1.29, 1.82) is 0 Å². The monoisotopic (exact) mass is 225 g/mol. The molecule has 15 heavy (non-hydrogen) atoms. The van der Waals surface area contributed by atoms with Gasteiger partial charge in [0.2, 0.25) is 5.91 Å². The van der Waals surface area contributed by atoms with Crippen LogP contribution in [0.1, 0.15) is 25.7 Å². The molecule has 3 heteroatoms. The average molecular weight is 225 g/mol. The van der Waals surface area contributed by atoms with Gasteiger partial charge in [-0.25, -0.2) is 0 Å². The highest BCUT2D eigenvalue weighted by Gasteiger charge is 2.44. The van der Waals surface area contributed by atoms with Gasteiger partial charge in [0.1, 0.15) is 0 Å². The first-order valence-corrected chi connectivity index (χ1v) is 7.36. The van der Waals surface area contributed by atoms with Gasteiger partial charge in [0.25, 0.3) is 0 Å². The first-order chi connectivity index (χ1) is 7.34. The van der Waals surface area contributed by atoms with Crippen LogP contribution < -0.4 is 0 Å². The zero-order chi connectivity index (χ0) is 10.3. The van der Waals surface area contributed by atoms with E-state index in [-0.39, 0.29) is 0 Å². The Balaban J connectivity index is 1.64. The number of hydrogen-bond donors (Lipinski definition) is 0. The molecule has 0 aromatic heterocycles. The molecular weight excluding hydrogens is 206 g/mol. The highest BCUT2D eigenvalue weighted by atomic mass is 32.2. The first kappa shape index (κ1) is 10.0. The maximum atomic E-state index is 12.3. The predicted octanol–water partition coefficient (Wildman–Crippen LogP) is 2.00. The summed E-state index contributed by atoms with van der Waals surface area (Å²) in [6.07, 6.45) is 5.26. The second-order valence-corrected chi connectivity index (χ2v) is 6.44. The van der Waals surface area contributed by atoms with Crippen molar-refractivity contribution in [1.82, 2.24) is 4.90 Å². The van der Waals surface area contributed by atoms with E-state index in [9.17, 15) is 4.79 Å². The zero-order valence-electron chi connectivity index (χ0n) is 9.15. The van der Waals surface area contributed by atoms with Gasteiger partial charge in [-0.3, -0.25) is 4.79 Å². The van der Waals surface area contributed by atoms with Crippen LogP contribution in [0.3, 0.4) is 0 Å². The molecule has 2 nitrogen and oxygen atoms in total. The summed E-state index contributed by atoms with van der Waals surface area (Å²) in [7, 11) is 0.